The number of methoxy groups -OCH3 is 1. The van der Waals surface area contributed by atoms with E-state index >= 15 is 0 Å². The van der Waals surface area contributed by atoms with Crippen LogP contribution in [0.15, 0.2) is 50.3 Å². The molecule has 0 atom stereocenters. The largest absolute Gasteiger partial charge is 0.503 e. The van der Waals surface area contributed by atoms with Crippen molar-refractivity contribution in [3.63, 3.8) is 0 Å². The summed E-state index contributed by atoms with van der Waals surface area (Å²) in [6.45, 7) is 10.1. The summed E-state index contributed by atoms with van der Waals surface area (Å²) in [7, 11) is 3.18. The monoisotopic (exact) mass is 589 g/mol. The van der Waals surface area contributed by atoms with Crippen molar-refractivity contribution in [2.45, 2.75) is 20.8 Å². The molecule has 0 fully saturated rings. The molecular weight excluding hydrogens is 558 g/mol. The summed E-state index contributed by atoms with van der Waals surface area (Å²) in [6, 6.07) is 9.00. The van der Waals surface area contributed by atoms with Gasteiger partial charge < -0.3 is 24.8 Å². The average molecular weight is 591 g/mol. The van der Waals surface area contributed by atoms with E-state index in [-0.39, 0.29) is 18.3 Å². The first-order chi connectivity index (χ1) is 17.8. The number of aromatic nitrogens is 1. The number of phenols is 1. The molecule has 9 nitrogen and oxygen atoms in total. The summed E-state index contributed by atoms with van der Waals surface area (Å²) in [6.07, 6.45) is 1.65. The van der Waals surface area contributed by atoms with Crippen LogP contribution in [0, 0.1) is 0 Å². The number of ether oxygens (including phenoxy) is 2. The molecule has 37 heavy (non-hydrogen) atoms. The SMILES string of the molecule is CCN(CC)CC.CN=c1scc(-c2ccc3c(c2)NC(=O)CO3)n1/N=C/c1cc(Br)c(O)c(OC)c1. The number of rotatable bonds is 7. The van der Waals surface area contributed by atoms with Crippen LogP contribution in [0.1, 0.15) is 26.3 Å². The molecule has 1 aromatic heterocycles. The summed E-state index contributed by atoms with van der Waals surface area (Å²) in [5.41, 5.74) is 3.01. The normalized spacial score (nSPS) is 13.2. The first-order valence-electron chi connectivity index (χ1n) is 11.9. The Morgan fingerprint density at radius 1 is 1.24 bits per heavy atom. The molecule has 1 aliphatic rings. The zero-order valence-electron chi connectivity index (χ0n) is 21.6. The Labute approximate surface area is 229 Å². The number of thiazole rings is 1. The number of carbonyl (C=O) groups is 1. The fourth-order valence-corrected chi connectivity index (χ4v) is 4.89. The highest BCUT2D eigenvalue weighted by Gasteiger charge is 2.18. The molecule has 0 saturated carbocycles. The van der Waals surface area contributed by atoms with Crippen molar-refractivity contribution in [1.29, 1.82) is 0 Å². The van der Waals surface area contributed by atoms with Gasteiger partial charge in [-0.25, -0.2) is 4.68 Å². The molecular formula is C26H32BrN5O4S. The minimum Gasteiger partial charge on any atom is -0.503 e. The van der Waals surface area contributed by atoms with Gasteiger partial charge in [0.05, 0.1) is 29.2 Å². The highest BCUT2D eigenvalue weighted by molar-refractivity contribution is 9.10. The van der Waals surface area contributed by atoms with Gasteiger partial charge in [0.2, 0.25) is 4.80 Å². The van der Waals surface area contributed by atoms with Crippen molar-refractivity contribution in [2.24, 2.45) is 10.1 Å². The number of carbonyl (C=O) groups excluding carboxylic acids is 1. The van der Waals surface area contributed by atoms with Gasteiger partial charge in [-0.3, -0.25) is 9.79 Å². The number of benzene rings is 2. The van der Waals surface area contributed by atoms with Crippen LogP contribution >= 0.6 is 27.3 Å². The van der Waals surface area contributed by atoms with Crippen LogP contribution in [-0.2, 0) is 4.79 Å². The minimum atomic E-state index is -0.188. The summed E-state index contributed by atoms with van der Waals surface area (Å²) in [5, 5.41) is 19.3. The molecule has 0 bridgehead atoms. The molecule has 1 amide bonds. The number of halogens is 1. The van der Waals surface area contributed by atoms with E-state index in [4.69, 9.17) is 9.47 Å². The van der Waals surface area contributed by atoms with Crippen molar-refractivity contribution in [1.82, 2.24) is 9.58 Å². The van der Waals surface area contributed by atoms with Crippen molar-refractivity contribution in [2.75, 3.05) is 45.7 Å². The smallest absolute Gasteiger partial charge is 0.262 e. The molecule has 3 aromatic rings. The molecule has 198 valence electrons. The zero-order chi connectivity index (χ0) is 26.9. The lowest BCUT2D eigenvalue weighted by atomic mass is 10.1. The van der Waals surface area contributed by atoms with Gasteiger partial charge in [0.15, 0.2) is 18.1 Å². The van der Waals surface area contributed by atoms with Crippen LogP contribution in [0.5, 0.6) is 17.2 Å². The second-order valence-corrected chi connectivity index (χ2v) is 9.60. The van der Waals surface area contributed by atoms with Crippen molar-refractivity contribution in [3.8, 4) is 28.5 Å². The molecule has 1 aliphatic heterocycles. The Balaban J connectivity index is 0.000000479. The maximum Gasteiger partial charge on any atom is 0.262 e. The van der Waals surface area contributed by atoms with Crippen LogP contribution in [0.25, 0.3) is 11.3 Å². The Bertz CT molecular complexity index is 1330. The number of anilines is 1. The maximum atomic E-state index is 11.6. The second-order valence-electron chi connectivity index (χ2n) is 7.90. The highest BCUT2D eigenvalue weighted by atomic mass is 79.9. The minimum absolute atomic E-state index is 0.0135. The summed E-state index contributed by atoms with van der Waals surface area (Å²) in [5.74, 6) is 0.810. The molecule has 2 heterocycles. The lowest BCUT2D eigenvalue weighted by Crippen LogP contribution is -2.25. The first-order valence-corrected chi connectivity index (χ1v) is 13.6. The van der Waals surface area contributed by atoms with Gasteiger partial charge in [-0.05, 0) is 71.5 Å². The van der Waals surface area contributed by atoms with Crippen LogP contribution in [0.4, 0.5) is 5.69 Å². The Morgan fingerprint density at radius 2 is 1.97 bits per heavy atom. The predicted molar refractivity (Wildman–Crippen MR) is 152 cm³/mol. The summed E-state index contributed by atoms with van der Waals surface area (Å²) in [4.78, 5) is 19.0. The Morgan fingerprint density at radius 3 is 2.59 bits per heavy atom. The zero-order valence-corrected chi connectivity index (χ0v) is 24.0. The molecule has 0 radical (unpaired) electrons. The number of amides is 1. The van der Waals surface area contributed by atoms with Gasteiger partial charge in [0, 0.05) is 18.0 Å². The lowest BCUT2D eigenvalue weighted by molar-refractivity contribution is -0.118. The van der Waals surface area contributed by atoms with Crippen molar-refractivity contribution < 1.29 is 19.4 Å². The molecule has 2 N–H and O–H groups in total. The third-order valence-corrected chi connectivity index (χ3v) is 7.23. The predicted octanol–water partition coefficient (Wildman–Crippen LogP) is 4.79. The third kappa shape index (κ3) is 7.00. The maximum absolute atomic E-state index is 11.6. The average Bonchev–Trinajstić information content (AvgIpc) is 3.33. The van der Waals surface area contributed by atoms with Crippen LogP contribution < -0.4 is 19.6 Å². The molecule has 2 aromatic carbocycles. The highest BCUT2D eigenvalue weighted by Crippen LogP contribution is 2.35. The topological polar surface area (TPSA) is 101 Å². The van der Waals surface area contributed by atoms with Crippen LogP contribution in [0.3, 0.4) is 0 Å². The van der Waals surface area contributed by atoms with E-state index in [1.165, 1.54) is 38.1 Å². The summed E-state index contributed by atoms with van der Waals surface area (Å²) >= 11 is 4.76. The van der Waals surface area contributed by atoms with E-state index in [1.54, 1.807) is 30.1 Å². The number of hydrogen-bond donors (Lipinski definition) is 2. The number of nitrogens with zero attached hydrogens (tertiary/aromatic N) is 4. The molecule has 0 aliphatic carbocycles. The van der Waals surface area contributed by atoms with E-state index in [1.807, 2.05) is 23.6 Å². The number of aromatic hydroxyl groups is 1. The Kier molecular flexibility index (Phi) is 10.3. The van der Waals surface area contributed by atoms with E-state index in [0.717, 1.165) is 16.8 Å². The first kappa shape index (κ1) is 28.4. The van der Waals surface area contributed by atoms with Gasteiger partial charge >= 0.3 is 0 Å². The lowest BCUT2D eigenvalue weighted by Gasteiger charge is -2.18. The van der Waals surface area contributed by atoms with Crippen LogP contribution in [-0.4, -0.2) is 67.2 Å². The second kappa shape index (κ2) is 13.4. The summed E-state index contributed by atoms with van der Waals surface area (Å²) < 4.78 is 12.8. The molecule has 0 spiro atoms. The fourth-order valence-electron chi connectivity index (χ4n) is 3.62. The van der Waals surface area contributed by atoms with Crippen molar-refractivity contribution in [3.05, 3.63) is 50.5 Å². The van der Waals surface area contributed by atoms with Crippen LogP contribution in [0.2, 0.25) is 0 Å². The number of hydrogen-bond acceptors (Lipinski definition) is 8. The van der Waals surface area contributed by atoms with Gasteiger partial charge in [0.1, 0.15) is 5.75 Å². The van der Waals surface area contributed by atoms with Gasteiger partial charge in [-0.15, -0.1) is 11.3 Å². The van der Waals surface area contributed by atoms with Gasteiger partial charge in [-0.2, -0.15) is 5.10 Å². The van der Waals surface area contributed by atoms with Gasteiger partial charge in [0.25, 0.3) is 5.91 Å². The molecule has 11 heteroatoms. The number of fused-ring (bicyclic) bond motifs is 1. The van der Waals surface area contributed by atoms with E-state index in [2.05, 4.69) is 57.0 Å². The van der Waals surface area contributed by atoms with E-state index in [0.29, 0.717) is 26.5 Å². The number of nitrogens with one attached hydrogen (secondary N) is 1. The Hall–Kier alpha value is -3.15. The van der Waals surface area contributed by atoms with E-state index in [9.17, 15) is 9.90 Å². The molecule has 0 unspecified atom stereocenters. The third-order valence-electron chi connectivity index (χ3n) is 5.72. The van der Waals surface area contributed by atoms with E-state index < -0.39 is 0 Å². The quantitative estimate of drug-likeness (QED) is 0.386. The van der Waals surface area contributed by atoms with Gasteiger partial charge in [-0.1, -0.05) is 20.8 Å². The molecule has 0 saturated heterocycles. The standard InChI is InChI=1S/C20H17BrN4O4S.C6H15N/c1-22-20-25(23-8-11-5-13(21)19(27)17(6-11)28-2)15(10-30-20)12-3-4-16-14(7-12)24-18(26)9-29-16;1-4-7(5-2)6-3/h3-8,10,27H,9H2,1-2H3,(H,24,26);4-6H2,1-3H3/b22-20?,23-8+;. The molecule has 4 rings (SSSR count). The fraction of sp³-hybridized carbons (Fsp3) is 0.346. The van der Waals surface area contributed by atoms with Crippen molar-refractivity contribution >= 4 is 45.1 Å². The number of phenolic OH excluding ortho intramolecular Hbond substituents is 1.